The van der Waals surface area contributed by atoms with Crippen LogP contribution in [-0.4, -0.2) is 25.3 Å². The number of carbonyl (C=O) groups excluding carboxylic acids is 1. The minimum Gasteiger partial charge on any atom is -0.303 e. The summed E-state index contributed by atoms with van der Waals surface area (Å²) in [5.74, 6) is 0. The van der Waals surface area contributed by atoms with Crippen LogP contribution in [0.2, 0.25) is 0 Å². The van der Waals surface area contributed by atoms with Gasteiger partial charge < -0.3 is 13.6 Å². The van der Waals surface area contributed by atoms with Crippen LogP contribution in [0.15, 0.2) is 18.1 Å². The van der Waals surface area contributed by atoms with Crippen LogP contribution >= 0.6 is 30.7 Å². The number of hydrogen-bond donors (Lipinski definition) is 0. The van der Waals surface area contributed by atoms with Gasteiger partial charge in [-0.15, -0.1) is 9.03 Å². The van der Waals surface area contributed by atoms with Crippen molar-refractivity contribution < 1.29 is 35.2 Å². The summed E-state index contributed by atoms with van der Waals surface area (Å²) >= 11 is 0. The third kappa shape index (κ3) is 5.60. The number of nitrogens with zero attached hydrogens (tertiary/aromatic N) is 4. The van der Waals surface area contributed by atoms with Crippen molar-refractivity contribution in [1.29, 1.82) is 0 Å². The van der Waals surface area contributed by atoms with Gasteiger partial charge in [-0.2, -0.15) is 25.8 Å². The summed E-state index contributed by atoms with van der Waals surface area (Å²) < 4.78 is 84.9. The van der Waals surface area contributed by atoms with Gasteiger partial charge in [0.1, 0.15) is 0 Å². The van der Waals surface area contributed by atoms with Crippen LogP contribution in [0.4, 0.5) is 16.8 Å². The molecular weight excluding hydrogens is 416 g/mol. The quantitative estimate of drug-likeness (QED) is 0.308. The molecule has 0 amide bonds. The van der Waals surface area contributed by atoms with E-state index in [9.17, 15) is 21.6 Å². The molecule has 1 heterocycles. The summed E-state index contributed by atoms with van der Waals surface area (Å²) in [5, 5.41) is 0. The molecule has 0 radical (unpaired) electrons. The summed E-state index contributed by atoms with van der Waals surface area (Å²) in [6.45, 7) is 3.72. The van der Waals surface area contributed by atoms with Crippen LogP contribution in [-0.2, 0) is 18.4 Å². The Balaban J connectivity index is 3.87. The SMILES string of the molecule is CCOP1(F)=NP(F)(OCC)=NP(F)(C(C)=O)=NP(F)(OCC)=N1. The topological polar surface area (TPSA) is 94.2 Å². The molecule has 0 aromatic carbocycles. The number of hydrogen-bond acceptors (Lipinski definition) is 8. The molecule has 0 aromatic heterocycles. The molecule has 24 heavy (non-hydrogen) atoms. The lowest BCUT2D eigenvalue weighted by Gasteiger charge is -2.22. The Morgan fingerprint density at radius 2 is 1.08 bits per heavy atom. The van der Waals surface area contributed by atoms with Crippen LogP contribution in [0.1, 0.15) is 27.7 Å². The van der Waals surface area contributed by atoms with Crippen molar-refractivity contribution in [3.63, 3.8) is 0 Å². The molecule has 0 aromatic rings. The van der Waals surface area contributed by atoms with Gasteiger partial charge in [-0.3, -0.25) is 4.79 Å². The summed E-state index contributed by atoms with van der Waals surface area (Å²) in [5.41, 5.74) is -1.34. The van der Waals surface area contributed by atoms with E-state index in [4.69, 9.17) is 0 Å². The smallest absolute Gasteiger partial charge is 0.303 e. The second-order valence-corrected chi connectivity index (χ2v) is 12.2. The fraction of sp³-hybridized carbons (Fsp3) is 0.875. The first-order valence-electron chi connectivity index (χ1n) is 6.74. The van der Waals surface area contributed by atoms with Crippen molar-refractivity contribution in [2.24, 2.45) is 18.1 Å². The largest absolute Gasteiger partial charge is 0.387 e. The van der Waals surface area contributed by atoms with Gasteiger partial charge in [0.15, 0.2) is 0 Å². The molecule has 16 heteroatoms. The van der Waals surface area contributed by atoms with E-state index in [1.165, 1.54) is 20.8 Å². The van der Waals surface area contributed by atoms with Crippen LogP contribution in [0.5, 0.6) is 0 Å². The van der Waals surface area contributed by atoms with Crippen molar-refractivity contribution >= 4 is 36.3 Å². The lowest BCUT2D eigenvalue weighted by molar-refractivity contribution is -0.110. The fourth-order valence-electron chi connectivity index (χ4n) is 1.41. The molecule has 0 saturated heterocycles. The van der Waals surface area contributed by atoms with E-state index in [2.05, 4.69) is 31.6 Å². The first-order chi connectivity index (χ1) is 11.0. The average Bonchev–Trinajstić information content (AvgIpc) is 2.35. The Bertz CT molecular complexity index is 721. The highest BCUT2D eigenvalue weighted by Crippen LogP contribution is 2.81. The molecule has 4 atom stereocenters. The van der Waals surface area contributed by atoms with Crippen LogP contribution in [0, 0.1) is 0 Å². The van der Waals surface area contributed by atoms with Crippen molar-refractivity contribution in [2.45, 2.75) is 27.7 Å². The predicted molar refractivity (Wildman–Crippen MR) is 87.4 cm³/mol. The third-order valence-corrected chi connectivity index (χ3v) is 11.9. The molecule has 0 saturated carbocycles. The van der Waals surface area contributed by atoms with Gasteiger partial charge in [-0.05, 0) is 20.8 Å². The van der Waals surface area contributed by atoms with Gasteiger partial charge >= 0.3 is 30.7 Å². The molecule has 4 unspecified atom stereocenters. The van der Waals surface area contributed by atoms with E-state index in [1.54, 1.807) is 0 Å². The molecule has 0 bridgehead atoms. The van der Waals surface area contributed by atoms with Crippen molar-refractivity contribution in [3.05, 3.63) is 0 Å². The zero-order valence-corrected chi connectivity index (χ0v) is 16.9. The minimum atomic E-state index is -5.07. The standard InChI is InChI=1S/C8H18F4N4O4P4/c1-5-18-22(10)13-21(9,8(4)17)14-23(11,19-6-2)16-24(12,15-22)20-7-3/h5-7H2,1-4H3. The van der Waals surface area contributed by atoms with E-state index in [0.717, 1.165) is 6.92 Å². The molecule has 1 aliphatic rings. The average molecular weight is 434 g/mol. The molecule has 1 aliphatic heterocycles. The van der Waals surface area contributed by atoms with Gasteiger partial charge in [-0.25, -0.2) is 0 Å². The number of carbonyl (C=O) groups is 1. The van der Waals surface area contributed by atoms with E-state index >= 15 is 0 Å². The van der Waals surface area contributed by atoms with Gasteiger partial charge in [0.2, 0.25) is 5.52 Å². The third-order valence-electron chi connectivity index (χ3n) is 2.18. The summed E-state index contributed by atoms with van der Waals surface area (Å²) in [6.07, 6.45) is 0. The van der Waals surface area contributed by atoms with Crippen molar-refractivity contribution in [1.82, 2.24) is 0 Å². The van der Waals surface area contributed by atoms with E-state index in [0.29, 0.717) is 0 Å². The normalized spacial score (nSPS) is 39.5. The Kier molecular flexibility index (Phi) is 7.65. The van der Waals surface area contributed by atoms with E-state index in [1.807, 2.05) is 0 Å². The van der Waals surface area contributed by atoms with Gasteiger partial charge in [0.05, 0.1) is 19.8 Å². The lowest BCUT2D eigenvalue weighted by Crippen LogP contribution is -1.93. The van der Waals surface area contributed by atoms with Crippen molar-refractivity contribution in [2.75, 3.05) is 19.8 Å². The van der Waals surface area contributed by atoms with E-state index in [-0.39, 0.29) is 19.8 Å². The number of rotatable bonds is 7. The monoisotopic (exact) mass is 434 g/mol. The Hall–Kier alpha value is 0.190. The first-order valence-corrected chi connectivity index (χ1v) is 12.8. The molecule has 1 rings (SSSR count). The molecule has 142 valence electrons. The molecule has 0 N–H and O–H groups in total. The minimum absolute atomic E-state index is 0.321. The Morgan fingerprint density at radius 3 is 1.42 bits per heavy atom. The predicted octanol–water partition coefficient (Wildman–Crippen LogP) is 7.40. The lowest BCUT2D eigenvalue weighted by atomic mass is 10.9. The van der Waals surface area contributed by atoms with Crippen LogP contribution < -0.4 is 0 Å². The molecule has 0 spiro atoms. The second-order valence-electron chi connectivity index (χ2n) is 4.07. The highest BCUT2D eigenvalue weighted by atomic mass is 31.3. The number of halogens is 4. The maximum atomic E-state index is 14.8. The molecule has 0 fully saturated rings. The first kappa shape index (κ1) is 22.2. The summed E-state index contributed by atoms with van der Waals surface area (Å²) in [6, 6.07) is 0. The van der Waals surface area contributed by atoms with E-state index < -0.39 is 36.3 Å². The Labute approximate surface area is 137 Å². The Morgan fingerprint density at radius 1 is 0.750 bits per heavy atom. The highest BCUT2D eigenvalue weighted by molar-refractivity contribution is 7.86. The van der Waals surface area contributed by atoms with Crippen LogP contribution in [0.25, 0.3) is 0 Å². The second kappa shape index (κ2) is 8.26. The molecular formula is C8H18F4N4O4P4. The molecule has 0 aliphatic carbocycles. The maximum absolute atomic E-state index is 14.8. The highest BCUT2D eigenvalue weighted by Gasteiger charge is 2.42. The molecule has 8 nitrogen and oxygen atoms in total. The van der Waals surface area contributed by atoms with Gasteiger partial charge in [0.25, 0.3) is 0 Å². The maximum Gasteiger partial charge on any atom is 0.387 e. The fourth-order valence-corrected chi connectivity index (χ4v) is 11.0. The zero-order valence-electron chi connectivity index (χ0n) is 13.3. The zero-order chi connectivity index (χ0) is 18.6. The van der Waals surface area contributed by atoms with Gasteiger partial charge in [0, 0.05) is 6.92 Å². The van der Waals surface area contributed by atoms with Gasteiger partial charge in [-0.1, -0.05) is 0 Å². The van der Waals surface area contributed by atoms with Crippen LogP contribution in [0.3, 0.4) is 0 Å². The van der Waals surface area contributed by atoms with Crippen molar-refractivity contribution in [3.8, 4) is 0 Å². The summed E-state index contributed by atoms with van der Waals surface area (Å²) in [4.78, 5) is 11.5. The summed E-state index contributed by atoms with van der Waals surface area (Å²) in [7, 11) is -19.9.